The van der Waals surface area contributed by atoms with Crippen molar-refractivity contribution >= 4 is 0 Å². The molecule has 0 amide bonds. The summed E-state index contributed by atoms with van der Waals surface area (Å²) in [5, 5.41) is 0. The van der Waals surface area contributed by atoms with E-state index in [1.54, 1.807) is 0 Å². The molecule has 3 N–H and O–H groups in total. The molecule has 1 saturated carbocycles. The minimum atomic E-state index is 0.302. The molecule has 0 bridgehead atoms. The Morgan fingerprint density at radius 1 is 1.11 bits per heavy atom. The Labute approximate surface area is 111 Å². The van der Waals surface area contributed by atoms with Gasteiger partial charge in [-0.1, -0.05) is 38.1 Å². The maximum absolute atomic E-state index is 5.85. The average Bonchev–Trinajstić information content (AvgIpc) is 2.31. The number of rotatable bonds is 3. The first kappa shape index (κ1) is 13.6. The molecule has 1 aromatic rings. The van der Waals surface area contributed by atoms with E-state index in [2.05, 4.69) is 50.5 Å². The van der Waals surface area contributed by atoms with E-state index in [4.69, 9.17) is 5.84 Å². The molecule has 3 unspecified atom stereocenters. The zero-order valence-electron chi connectivity index (χ0n) is 11.8. The van der Waals surface area contributed by atoms with Crippen molar-refractivity contribution in [3.63, 3.8) is 0 Å². The van der Waals surface area contributed by atoms with Gasteiger partial charge in [-0.25, -0.2) is 0 Å². The van der Waals surface area contributed by atoms with Gasteiger partial charge < -0.3 is 0 Å². The van der Waals surface area contributed by atoms with E-state index >= 15 is 0 Å². The van der Waals surface area contributed by atoms with Gasteiger partial charge in [0.2, 0.25) is 0 Å². The first-order chi connectivity index (χ1) is 8.61. The zero-order valence-corrected chi connectivity index (χ0v) is 11.8. The van der Waals surface area contributed by atoms with Crippen LogP contribution in [-0.4, -0.2) is 0 Å². The fraction of sp³-hybridized carbons (Fsp3) is 0.625. The molecule has 0 radical (unpaired) electrons. The van der Waals surface area contributed by atoms with Crippen LogP contribution in [0.25, 0.3) is 0 Å². The molecule has 1 aliphatic rings. The van der Waals surface area contributed by atoms with E-state index in [-0.39, 0.29) is 0 Å². The van der Waals surface area contributed by atoms with Crippen molar-refractivity contribution in [2.45, 2.75) is 46.1 Å². The molecular weight excluding hydrogens is 220 g/mol. The van der Waals surface area contributed by atoms with Gasteiger partial charge in [-0.15, -0.1) is 0 Å². The SMILES string of the molecule is Cc1ccccc1C(NN)C1CC(C)CC(C)C1. The molecule has 0 spiro atoms. The fourth-order valence-corrected chi connectivity index (χ4v) is 3.70. The largest absolute Gasteiger partial charge is 0.271 e. The summed E-state index contributed by atoms with van der Waals surface area (Å²) in [6.45, 7) is 6.91. The molecule has 2 rings (SSSR count). The van der Waals surface area contributed by atoms with Crippen LogP contribution in [0, 0.1) is 24.7 Å². The van der Waals surface area contributed by atoms with E-state index in [0.29, 0.717) is 12.0 Å². The van der Waals surface area contributed by atoms with Crippen LogP contribution in [0.1, 0.15) is 50.3 Å². The topological polar surface area (TPSA) is 38.0 Å². The van der Waals surface area contributed by atoms with E-state index < -0.39 is 0 Å². The van der Waals surface area contributed by atoms with Gasteiger partial charge in [0.25, 0.3) is 0 Å². The molecular formula is C16H26N2. The second-order valence-electron chi connectivity index (χ2n) is 6.18. The highest BCUT2D eigenvalue weighted by atomic mass is 15.2. The molecule has 1 aliphatic carbocycles. The van der Waals surface area contributed by atoms with Crippen molar-refractivity contribution in [3.05, 3.63) is 35.4 Å². The highest BCUT2D eigenvalue weighted by molar-refractivity contribution is 5.29. The minimum absolute atomic E-state index is 0.302. The molecule has 0 heterocycles. The molecule has 3 atom stereocenters. The third-order valence-corrected chi connectivity index (χ3v) is 4.39. The van der Waals surface area contributed by atoms with Crippen molar-refractivity contribution in [2.24, 2.45) is 23.6 Å². The van der Waals surface area contributed by atoms with Crippen LogP contribution in [0.2, 0.25) is 0 Å². The van der Waals surface area contributed by atoms with Crippen molar-refractivity contribution < 1.29 is 0 Å². The Hall–Kier alpha value is -0.860. The standard InChI is InChI=1S/C16H26N2/c1-11-8-12(2)10-14(9-11)16(18-17)15-7-5-4-6-13(15)3/h4-7,11-12,14,16,18H,8-10,17H2,1-3H3. The van der Waals surface area contributed by atoms with Crippen LogP contribution in [0.4, 0.5) is 0 Å². The summed E-state index contributed by atoms with van der Waals surface area (Å²) in [6, 6.07) is 8.90. The number of nitrogens with two attached hydrogens (primary N) is 1. The summed E-state index contributed by atoms with van der Waals surface area (Å²) in [5.41, 5.74) is 5.78. The Morgan fingerprint density at radius 3 is 2.28 bits per heavy atom. The Kier molecular flexibility index (Phi) is 4.41. The number of hydrazine groups is 1. The van der Waals surface area contributed by atoms with Crippen LogP contribution in [0.5, 0.6) is 0 Å². The second-order valence-corrected chi connectivity index (χ2v) is 6.18. The molecule has 0 saturated heterocycles. The molecule has 100 valence electrons. The number of aryl methyl sites for hydroxylation is 1. The predicted molar refractivity (Wildman–Crippen MR) is 76.9 cm³/mol. The number of hydrogen-bond donors (Lipinski definition) is 2. The number of benzene rings is 1. The Balaban J connectivity index is 2.20. The molecule has 1 aromatic carbocycles. The quantitative estimate of drug-likeness (QED) is 0.632. The highest BCUT2D eigenvalue weighted by Gasteiger charge is 2.30. The lowest BCUT2D eigenvalue weighted by atomic mass is 9.72. The van der Waals surface area contributed by atoms with Gasteiger partial charge in [-0.2, -0.15) is 0 Å². The zero-order chi connectivity index (χ0) is 13.1. The first-order valence-corrected chi connectivity index (χ1v) is 7.13. The van der Waals surface area contributed by atoms with Crippen molar-refractivity contribution in [2.75, 3.05) is 0 Å². The lowest BCUT2D eigenvalue weighted by Crippen LogP contribution is -2.37. The highest BCUT2D eigenvalue weighted by Crippen LogP contribution is 2.40. The molecule has 2 heteroatoms. The van der Waals surface area contributed by atoms with Crippen LogP contribution >= 0.6 is 0 Å². The monoisotopic (exact) mass is 246 g/mol. The summed E-state index contributed by atoms with van der Waals surface area (Å²) < 4.78 is 0. The molecule has 2 nitrogen and oxygen atoms in total. The molecule has 0 aromatic heterocycles. The number of nitrogens with one attached hydrogen (secondary N) is 1. The van der Waals surface area contributed by atoms with Crippen LogP contribution < -0.4 is 11.3 Å². The fourth-order valence-electron chi connectivity index (χ4n) is 3.70. The third kappa shape index (κ3) is 2.93. The summed E-state index contributed by atoms with van der Waals surface area (Å²) in [7, 11) is 0. The van der Waals surface area contributed by atoms with Gasteiger partial charge in [0.15, 0.2) is 0 Å². The van der Waals surface area contributed by atoms with Gasteiger partial charge >= 0.3 is 0 Å². The first-order valence-electron chi connectivity index (χ1n) is 7.13. The van der Waals surface area contributed by atoms with Crippen molar-refractivity contribution in [3.8, 4) is 0 Å². The van der Waals surface area contributed by atoms with Crippen LogP contribution in [0.3, 0.4) is 0 Å². The minimum Gasteiger partial charge on any atom is -0.271 e. The van der Waals surface area contributed by atoms with E-state index in [0.717, 1.165) is 11.8 Å². The van der Waals surface area contributed by atoms with Crippen LogP contribution in [-0.2, 0) is 0 Å². The van der Waals surface area contributed by atoms with Crippen molar-refractivity contribution in [1.29, 1.82) is 0 Å². The molecule has 0 aliphatic heterocycles. The van der Waals surface area contributed by atoms with Gasteiger partial charge in [0.05, 0.1) is 0 Å². The van der Waals surface area contributed by atoms with Crippen molar-refractivity contribution in [1.82, 2.24) is 5.43 Å². The average molecular weight is 246 g/mol. The summed E-state index contributed by atoms with van der Waals surface area (Å²) in [4.78, 5) is 0. The smallest absolute Gasteiger partial charge is 0.0490 e. The normalized spacial score (nSPS) is 30.1. The summed E-state index contributed by atoms with van der Waals surface area (Å²) >= 11 is 0. The maximum Gasteiger partial charge on any atom is 0.0490 e. The van der Waals surface area contributed by atoms with Gasteiger partial charge in [0, 0.05) is 6.04 Å². The van der Waals surface area contributed by atoms with E-state index in [1.807, 2.05) is 0 Å². The summed E-state index contributed by atoms with van der Waals surface area (Å²) in [5.74, 6) is 8.14. The predicted octanol–water partition coefficient (Wildman–Crippen LogP) is 3.57. The second kappa shape index (κ2) is 5.85. The van der Waals surface area contributed by atoms with Crippen LogP contribution in [0.15, 0.2) is 24.3 Å². The summed E-state index contributed by atoms with van der Waals surface area (Å²) in [6.07, 6.45) is 3.93. The molecule has 18 heavy (non-hydrogen) atoms. The van der Waals surface area contributed by atoms with E-state index in [1.165, 1.54) is 30.4 Å². The third-order valence-electron chi connectivity index (χ3n) is 4.39. The number of hydrogen-bond acceptors (Lipinski definition) is 2. The maximum atomic E-state index is 5.85. The van der Waals surface area contributed by atoms with Gasteiger partial charge in [-0.3, -0.25) is 11.3 Å². The lowest BCUT2D eigenvalue weighted by Gasteiger charge is -2.37. The Morgan fingerprint density at radius 2 is 1.72 bits per heavy atom. The Bertz CT molecular complexity index is 378. The van der Waals surface area contributed by atoms with Gasteiger partial charge in [-0.05, 0) is 55.1 Å². The molecule has 1 fully saturated rings. The van der Waals surface area contributed by atoms with Gasteiger partial charge in [0.1, 0.15) is 0 Å². The lowest BCUT2D eigenvalue weighted by molar-refractivity contribution is 0.176. The van der Waals surface area contributed by atoms with E-state index in [9.17, 15) is 0 Å².